The van der Waals surface area contributed by atoms with Gasteiger partial charge in [0.1, 0.15) is 45.6 Å². The minimum absolute atomic E-state index is 0.0119. The number of methoxy groups -OCH3 is 3. The Hall–Kier alpha value is -5.45. The van der Waals surface area contributed by atoms with Gasteiger partial charge in [-0.15, -0.1) is 0 Å². The van der Waals surface area contributed by atoms with Crippen LogP contribution >= 0.6 is 31.9 Å². The lowest BCUT2D eigenvalue weighted by atomic mass is 10.00. The van der Waals surface area contributed by atoms with Crippen LogP contribution in [0.15, 0.2) is 0 Å². The Bertz CT molecular complexity index is 3370. The van der Waals surface area contributed by atoms with E-state index in [0.29, 0.717) is 60.6 Å². The first-order chi connectivity index (χ1) is 50.2. The molecule has 0 heterocycles. The van der Waals surface area contributed by atoms with Gasteiger partial charge in [0.25, 0.3) is 0 Å². The molecule has 0 aromatic rings. The standard InChI is InChI=1S/C14H24O4.C12H20O4.C11H20O4.C10H17NO3S.C10H16O4.C10H18O2.2C7H12O2.C3H6Br2/c1-9-8-14(9,10(15)17-12(2,3)4)11(16)18-13(5,6)7;1-8-6-12(8,10(14)15-5)7-9(13)16-11(2,3)4;1-10(2,3)14-8(12)7-9(13)15-11(4,5)6;1-7-6-10(7,3)8(12)11-15(13,14)9(2)4-5-9;1-6-5-10(6,7(11)12)8(13)14-9(2,3)4;1-7-6-10(7,5)8(11)12-9(2,3)4;2*1-5-4-7(5,2)6(8)9-3;1-3(5)2-4/h9H,8H2,1-7H3;8H,6-7H2,1-5H3;7H2,1-6H3;7H,4-6H2,1-3H3,(H,11,12);6H,5H2,1-4H3,(H,11,12);7H,6H2,1-5H3;2*5H,4H2,1-3H3;3H,2H2,1H3/t;;;7-,10+;;;5-,7+;;/m...1..1../s1. The van der Waals surface area contributed by atoms with Crippen LogP contribution in [-0.2, 0) is 115 Å². The normalized spacial score (nSPS) is 28.7. The molecule has 2 N–H and O–H groups in total. The Morgan fingerprint density at radius 1 is 0.389 bits per heavy atom. The number of rotatable bonds is 16. The number of carbonyl (C=O) groups is 12. The van der Waals surface area contributed by atoms with Crippen molar-refractivity contribution in [1.29, 1.82) is 0 Å². The summed E-state index contributed by atoms with van der Waals surface area (Å²) in [4.78, 5) is 138. The summed E-state index contributed by atoms with van der Waals surface area (Å²) in [5.74, 6) is -2.94. The van der Waals surface area contributed by atoms with Crippen LogP contribution in [0.4, 0.5) is 0 Å². The Morgan fingerprint density at radius 2 is 0.628 bits per heavy atom. The molecule has 26 nitrogen and oxygen atoms in total. The molecule has 8 rings (SSSR count). The third-order valence-electron chi connectivity index (χ3n) is 20.7. The molecule has 0 aliphatic heterocycles. The second kappa shape index (κ2) is 39.4. The molecule has 29 heteroatoms. The van der Waals surface area contributed by atoms with Crippen molar-refractivity contribution >= 4 is 113 Å². The van der Waals surface area contributed by atoms with Crippen LogP contribution in [0.25, 0.3) is 0 Å². The van der Waals surface area contributed by atoms with Gasteiger partial charge in [0.2, 0.25) is 15.9 Å². The van der Waals surface area contributed by atoms with E-state index in [4.69, 9.17) is 43.0 Å². The zero-order chi connectivity index (χ0) is 89.8. The van der Waals surface area contributed by atoms with E-state index >= 15 is 0 Å². The first-order valence-corrected chi connectivity index (χ1v) is 42.6. The van der Waals surface area contributed by atoms with Crippen LogP contribution in [0.1, 0.15) is 306 Å². The zero-order valence-electron chi connectivity index (χ0n) is 75.5. The van der Waals surface area contributed by atoms with Crippen molar-refractivity contribution < 1.29 is 118 Å². The molecule has 8 aliphatic rings. The Balaban J connectivity index is 0.00000127. The van der Waals surface area contributed by atoms with Gasteiger partial charge in [-0.1, -0.05) is 94.2 Å². The number of esters is 10. The summed E-state index contributed by atoms with van der Waals surface area (Å²) in [7, 11) is 0.786. The van der Waals surface area contributed by atoms with Crippen molar-refractivity contribution in [2.24, 2.45) is 79.3 Å². The number of hydrogen-bond acceptors (Lipinski definition) is 24. The molecule has 656 valence electrons. The maximum Gasteiger partial charge on any atom is 0.324 e. The number of hydrogen-bond donors (Lipinski definition) is 2. The number of amides is 1. The van der Waals surface area contributed by atoms with Crippen LogP contribution in [-0.4, -0.2) is 161 Å². The van der Waals surface area contributed by atoms with Gasteiger partial charge in [0, 0.05) is 10.2 Å². The van der Waals surface area contributed by atoms with Crippen molar-refractivity contribution in [1.82, 2.24) is 4.72 Å². The fourth-order valence-electron chi connectivity index (χ4n) is 11.2. The van der Waals surface area contributed by atoms with Gasteiger partial charge in [-0.3, -0.25) is 62.3 Å². The zero-order valence-corrected chi connectivity index (χ0v) is 79.5. The second-order valence-corrected chi connectivity index (χ2v) is 44.6. The fraction of sp³-hybridized carbons (Fsp3) is 0.857. The fourth-order valence-corrected chi connectivity index (χ4v) is 12.6. The van der Waals surface area contributed by atoms with E-state index in [1.807, 2.05) is 90.0 Å². The quantitative estimate of drug-likeness (QED) is 0.0627. The third-order valence-corrected chi connectivity index (χ3v) is 25.0. The monoisotopic (exact) mass is 1760 g/mol. The molecule has 0 aromatic carbocycles. The number of nitrogens with one attached hydrogen (secondary N) is 1. The van der Waals surface area contributed by atoms with Crippen LogP contribution in [0.3, 0.4) is 0 Å². The number of halogens is 2. The van der Waals surface area contributed by atoms with Crippen LogP contribution in [0, 0.1) is 79.3 Å². The molecule has 8 saturated carbocycles. The van der Waals surface area contributed by atoms with Crippen molar-refractivity contribution in [3.8, 4) is 0 Å². The highest BCUT2D eigenvalue weighted by molar-refractivity contribution is 9.12. The molecule has 10 unspecified atom stereocenters. The van der Waals surface area contributed by atoms with Gasteiger partial charge in [-0.2, -0.15) is 0 Å². The molecule has 14 atom stereocenters. The number of sulfonamides is 1. The summed E-state index contributed by atoms with van der Waals surface area (Å²) in [6, 6.07) is 0. The second-order valence-electron chi connectivity index (χ2n) is 40.2. The van der Waals surface area contributed by atoms with E-state index < -0.39 is 106 Å². The summed E-state index contributed by atoms with van der Waals surface area (Å²) in [5.41, 5.74) is -7.71. The summed E-state index contributed by atoms with van der Waals surface area (Å²) in [6.07, 6.45) is 6.43. The number of alkyl halides is 2. The van der Waals surface area contributed by atoms with Gasteiger partial charge in [0.05, 0.1) is 59.6 Å². The van der Waals surface area contributed by atoms with E-state index in [1.165, 1.54) is 21.3 Å². The smallest absolute Gasteiger partial charge is 0.324 e. The molecule has 113 heavy (non-hydrogen) atoms. The van der Waals surface area contributed by atoms with Gasteiger partial charge in [-0.05, 0) is 272 Å². The minimum atomic E-state index is -3.45. The lowest BCUT2D eigenvalue weighted by Crippen LogP contribution is -2.41. The SMILES string of the molecule is CC(Br)CBr.CC(C)(C)OC(=O)CC(=O)OC(C)(C)C.CC1CC1(C(=O)O)C(=O)OC(C)(C)C.CC1CC1(C(=O)OC(C)(C)C)C(=O)OC(C)(C)C.CC1CC1(C)C(=O)OC(C)(C)C.COC(=O)C1(C)CC1C.COC(=O)C1(CC(=O)OC(C)(C)C)CC1C.COC(=O)[C@@]1(C)C[C@H]1C.C[C@@H]1C[C@]1(C)C(=O)NS(=O)(=O)C1(C)CC1. The summed E-state index contributed by atoms with van der Waals surface area (Å²) in [6.45, 7) is 62.8. The van der Waals surface area contributed by atoms with E-state index in [1.54, 1.807) is 118 Å². The molecular formula is C84H145Br2NO25S. The van der Waals surface area contributed by atoms with Gasteiger partial charge >= 0.3 is 65.7 Å². The summed E-state index contributed by atoms with van der Waals surface area (Å²) < 4.78 is 75.2. The van der Waals surface area contributed by atoms with Crippen molar-refractivity contribution in [3.05, 3.63) is 0 Å². The van der Waals surface area contributed by atoms with Gasteiger partial charge in [0.15, 0.2) is 10.8 Å². The number of carboxylic acids is 1. The average molecular weight is 1760 g/mol. The predicted molar refractivity (Wildman–Crippen MR) is 437 cm³/mol. The van der Waals surface area contributed by atoms with Crippen molar-refractivity contribution in [2.45, 2.75) is 355 Å². The van der Waals surface area contributed by atoms with E-state index in [2.05, 4.69) is 73.8 Å². The van der Waals surface area contributed by atoms with Crippen molar-refractivity contribution in [3.63, 3.8) is 0 Å². The predicted octanol–water partition coefficient (Wildman–Crippen LogP) is 16.1. The number of carbonyl (C=O) groups excluding carboxylic acids is 11. The number of aliphatic carboxylic acids is 1. The summed E-state index contributed by atoms with van der Waals surface area (Å²) in [5, 5.41) is 9.98. The maximum absolute atomic E-state index is 12.2. The van der Waals surface area contributed by atoms with E-state index in [9.17, 15) is 66.0 Å². The lowest BCUT2D eigenvalue weighted by molar-refractivity contribution is -0.178. The molecule has 8 aliphatic carbocycles. The van der Waals surface area contributed by atoms with Crippen LogP contribution in [0.2, 0.25) is 0 Å². The first kappa shape index (κ1) is 108. The van der Waals surface area contributed by atoms with Crippen molar-refractivity contribution in [2.75, 3.05) is 26.7 Å². The lowest BCUT2D eigenvalue weighted by Gasteiger charge is -2.26. The highest BCUT2D eigenvalue weighted by atomic mass is 79.9. The topological polar surface area (TPSA) is 364 Å². The molecule has 0 spiro atoms. The maximum atomic E-state index is 12.2. The first-order valence-electron chi connectivity index (χ1n) is 39.1. The van der Waals surface area contributed by atoms with Crippen LogP contribution < -0.4 is 4.72 Å². The Labute approximate surface area is 693 Å². The Morgan fingerprint density at radius 3 is 0.823 bits per heavy atom. The third kappa shape index (κ3) is 34.9. The number of ether oxygens (including phenoxy) is 10. The minimum Gasteiger partial charge on any atom is -0.480 e. The Kier molecular flexibility index (Phi) is 37.5. The molecule has 0 radical (unpaired) electrons. The average Bonchev–Trinajstić information content (AvgIpc) is 1.64. The summed E-state index contributed by atoms with van der Waals surface area (Å²) >= 11 is 6.59. The van der Waals surface area contributed by atoms with Crippen LogP contribution in [0.5, 0.6) is 0 Å². The van der Waals surface area contributed by atoms with Gasteiger partial charge in [-0.25, -0.2) is 8.42 Å². The highest BCUT2D eigenvalue weighted by Crippen LogP contribution is 2.59. The molecular weight excluding hydrogens is 1610 g/mol. The molecule has 0 saturated heterocycles. The highest BCUT2D eigenvalue weighted by Gasteiger charge is 2.68. The van der Waals surface area contributed by atoms with Gasteiger partial charge < -0.3 is 52.5 Å². The molecule has 1 amide bonds. The van der Waals surface area contributed by atoms with E-state index in [0.717, 1.165) is 31.0 Å². The largest absolute Gasteiger partial charge is 0.480 e. The van der Waals surface area contributed by atoms with E-state index in [-0.39, 0.29) is 88.2 Å². The molecule has 0 aromatic heterocycles. The number of carboxylic acid groups (broad SMARTS) is 1. The molecule has 0 bridgehead atoms. The molecule has 8 fully saturated rings.